The van der Waals surface area contributed by atoms with Gasteiger partial charge in [-0.3, -0.25) is 0 Å². The number of hydrogen-bond acceptors (Lipinski definition) is 4. The van der Waals surface area contributed by atoms with E-state index in [2.05, 4.69) is 26.1 Å². The molecule has 0 aliphatic heterocycles. The maximum atomic E-state index is 5.55. The molecule has 102 valence electrons. The minimum absolute atomic E-state index is 0.267. The van der Waals surface area contributed by atoms with Gasteiger partial charge in [0.15, 0.2) is 0 Å². The quantitative estimate of drug-likeness (QED) is 0.770. The number of nitrogens with zero attached hydrogens (tertiary/aromatic N) is 1. The highest BCUT2D eigenvalue weighted by molar-refractivity contribution is 7.11. The minimum Gasteiger partial charge on any atom is -0.372 e. The van der Waals surface area contributed by atoms with Crippen LogP contribution in [0.15, 0.2) is 0 Å². The molecule has 1 N–H and O–H groups in total. The highest BCUT2D eigenvalue weighted by Crippen LogP contribution is 2.44. The summed E-state index contributed by atoms with van der Waals surface area (Å²) in [5.41, 5.74) is 1.06. The zero-order chi connectivity index (χ0) is 13.2. The summed E-state index contributed by atoms with van der Waals surface area (Å²) < 4.78 is 5.55. The Morgan fingerprint density at radius 3 is 2.72 bits per heavy atom. The van der Waals surface area contributed by atoms with Gasteiger partial charge in [-0.1, -0.05) is 6.92 Å². The fourth-order valence-electron chi connectivity index (χ4n) is 1.89. The van der Waals surface area contributed by atoms with Crippen molar-refractivity contribution in [3.63, 3.8) is 0 Å². The van der Waals surface area contributed by atoms with Crippen molar-refractivity contribution >= 4 is 11.3 Å². The van der Waals surface area contributed by atoms with E-state index in [1.807, 2.05) is 11.3 Å². The summed E-state index contributed by atoms with van der Waals surface area (Å²) in [5.74, 6) is 0.709. The number of rotatable bonds is 7. The van der Waals surface area contributed by atoms with Crippen LogP contribution in [-0.2, 0) is 16.9 Å². The molecule has 0 radical (unpaired) electrons. The van der Waals surface area contributed by atoms with Crippen molar-refractivity contribution in [1.29, 1.82) is 0 Å². The Hall–Kier alpha value is -0.450. The summed E-state index contributed by atoms with van der Waals surface area (Å²) in [4.78, 5) is 6.26. The first-order chi connectivity index (χ1) is 8.58. The molecule has 0 aromatic carbocycles. The second kappa shape index (κ2) is 5.68. The van der Waals surface area contributed by atoms with E-state index in [4.69, 9.17) is 9.72 Å². The summed E-state index contributed by atoms with van der Waals surface area (Å²) in [7, 11) is 1.76. The van der Waals surface area contributed by atoms with E-state index in [1.54, 1.807) is 7.11 Å². The van der Waals surface area contributed by atoms with Crippen molar-refractivity contribution in [1.82, 2.24) is 10.3 Å². The molecule has 0 spiro atoms. The van der Waals surface area contributed by atoms with Gasteiger partial charge in [-0.05, 0) is 39.7 Å². The van der Waals surface area contributed by atoms with E-state index in [1.165, 1.54) is 29.8 Å². The van der Waals surface area contributed by atoms with Crippen LogP contribution in [0.1, 0.15) is 61.5 Å². The Kier molecular flexibility index (Phi) is 4.41. The van der Waals surface area contributed by atoms with Gasteiger partial charge in [0.1, 0.15) is 10.6 Å². The Morgan fingerprint density at radius 1 is 1.44 bits per heavy atom. The molecule has 1 aliphatic carbocycles. The minimum atomic E-state index is -0.267. The molecule has 1 aromatic rings. The molecule has 1 saturated carbocycles. The van der Waals surface area contributed by atoms with E-state index in [9.17, 15) is 0 Å². The maximum Gasteiger partial charge on any atom is 0.125 e. The van der Waals surface area contributed by atoms with Crippen LogP contribution < -0.4 is 5.32 Å². The number of ether oxygens (including phenoxy) is 1. The highest BCUT2D eigenvalue weighted by Gasteiger charge is 2.32. The van der Waals surface area contributed by atoms with E-state index in [0.717, 1.165) is 18.1 Å². The lowest BCUT2D eigenvalue weighted by atomic mass is 10.1. The second-order valence-corrected chi connectivity index (χ2v) is 6.58. The van der Waals surface area contributed by atoms with Crippen molar-refractivity contribution in [2.24, 2.45) is 0 Å². The fourth-order valence-corrected chi connectivity index (χ4v) is 3.09. The normalized spacial score (nSPS) is 16.2. The lowest BCUT2D eigenvalue weighted by Gasteiger charge is -2.19. The molecule has 0 saturated heterocycles. The van der Waals surface area contributed by atoms with E-state index >= 15 is 0 Å². The summed E-state index contributed by atoms with van der Waals surface area (Å²) in [6.07, 6.45) is 3.78. The van der Waals surface area contributed by atoms with Gasteiger partial charge in [-0.2, -0.15) is 0 Å². The van der Waals surface area contributed by atoms with Crippen molar-refractivity contribution in [3.05, 3.63) is 15.6 Å². The van der Waals surface area contributed by atoms with Gasteiger partial charge in [-0.15, -0.1) is 11.3 Å². The smallest absolute Gasteiger partial charge is 0.125 e. The molecule has 18 heavy (non-hydrogen) atoms. The SMILES string of the molecule is CCCNCc1sc(C(C)(C)OC)nc1C1CC1. The standard InChI is InChI=1S/C14H24N2OS/c1-5-8-15-9-11-12(10-6-7-10)16-13(18-11)14(2,3)17-4/h10,15H,5-9H2,1-4H3. The van der Waals surface area contributed by atoms with E-state index in [0.29, 0.717) is 5.92 Å². The predicted octanol–water partition coefficient (Wildman–Crippen LogP) is 3.40. The number of methoxy groups -OCH3 is 1. The fraction of sp³-hybridized carbons (Fsp3) is 0.786. The molecule has 3 nitrogen and oxygen atoms in total. The lowest BCUT2D eigenvalue weighted by Crippen LogP contribution is -2.19. The molecule has 4 heteroatoms. The molecule has 1 aliphatic rings. The summed E-state index contributed by atoms with van der Waals surface area (Å²) in [5, 5.41) is 4.60. The number of aromatic nitrogens is 1. The monoisotopic (exact) mass is 268 g/mol. The van der Waals surface area contributed by atoms with Crippen molar-refractivity contribution in [2.45, 2.75) is 58.1 Å². The van der Waals surface area contributed by atoms with Gasteiger partial charge in [0.2, 0.25) is 0 Å². The van der Waals surface area contributed by atoms with Crippen molar-refractivity contribution in [2.75, 3.05) is 13.7 Å². The molecule has 0 unspecified atom stereocenters. The van der Waals surface area contributed by atoms with Crippen LogP contribution in [0.5, 0.6) is 0 Å². The van der Waals surface area contributed by atoms with Crippen LogP contribution in [0.2, 0.25) is 0 Å². The molecule has 1 fully saturated rings. The number of hydrogen-bond donors (Lipinski definition) is 1. The second-order valence-electron chi connectivity index (χ2n) is 5.49. The van der Waals surface area contributed by atoms with E-state index < -0.39 is 0 Å². The average molecular weight is 268 g/mol. The summed E-state index contributed by atoms with van der Waals surface area (Å²) in [6, 6.07) is 0. The van der Waals surface area contributed by atoms with Crippen LogP contribution >= 0.6 is 11.3 Å². The van der Waals surface area contributed by atoms with Crippen molar-refractivity contribution < 1.29 is 4.74 Å². The molecule has 0 amide bonds. The van der Waals surface area contributed by atoms with Crippen molar-refractivity contribution in [3.8, 4) is 0 Å². The Labute approximate surface area is 114 Å². The maximum absolute atomic E-state index is 5.55. The number of nitrogens with one attached hydrogen (secondary N) is 1. The van der Waals surface area contributed by atoms with Crippen LogP contribution in [0.3, 0.4) is 0 Å². The zero-order valence-corrected chi connectivity index (χ0v) is 12.7. The van der Waals surface area contributed by atoms with Crippen LogP contribution in [0.25, 0.3) is 0 Å². The third-order valence-corrected chi connectivity index (χ3v) is 4.81. The van der Waals surface area contributed by atoms with Crippen LogP contribution in [0, 0.1) is 0 Å². The molecule has 1 aromatic heterocycles. The van der Waals surface area contributed by atoms with Gasteiger partial charge in [0.25, 0.3) is 0 Å². The van der Waals surface area contributed by atoms with Crippen LogP contribution in [0.4, 0.5) is 0 Å². The molecule has 1 heterocycles. The third kappa shape index (κ3) is 3.11. The molecular weight excluding hydrogens is 244 g/mol. The predicted molar refractivity (Wildman–Crippen MR) is 76.1 cm³/mol. The summed E-state index contributed by atoms with van der Waals surface area (Å²) >= 11 is 1.81. The topological polar surface area (TPSA) is 34.1 Å². The van der Waals surface area contributed by atoms with Gasteiger partial charge in [0.05, 0.1) is 5.69 Å². The average Bonchev–Trinajstić information content (AvgIpc) is 3.10. The Balaban J connectivity index is 2.16. The molecule has 0 bridgehead atoms. The highest BCUT2D eigenvalue weighted by atomic mass is 32.1. The van der Waals surface area contributed by atoms with Gasteiger partial charge >= 0.3 is 0 Å². The Morgan fingerprint density at radius 2 is 2.17 bits per heavy atom. The zero-order valence-electron chi connectivity index (χ0n) is 11.9. The van der Waals surface area contributed by atoms with Gasteiger partial charge in [0, 0.05) is 24.4 Å². The third-order valence-electron chi connectivity index (χ3n) is 3.43. The Bertz CT molecular complexity index is 396. The number of thiazole rings is 1. The summed E-state index contributed by atoms with van der Waals surface area (Å²) in [6.45, 7) is 8.40. The van der Waals surface area contributed by atoms with Crippen LogP contribution in [-0.4, -0.2) is 18.6 Å². The largest absolute Gasteiger partial charge is 0.372 e. The lowest BCUT2D eigenvalue weighted by molar-refractivity contribution is 0.0189. The first-order valence-corrected chi connectivity index (χ1v) is 7.66. The molecule has 2 rings (SSSR count). The van der Waals surface area contributed by atoms with Gasteiger partial charge < -0.3 is 10.1 Å². The van der Waals surface area contributed by atoms with E-state index in [-0.39, 0.29) is 5.60 Å². The first kappa shape index (κ1) is 14.0. The van der Waals surface area contributed by atoms with Gasteiger partial charge in [-0.25, -0.2) is 4.98 Å². The first-order valence-electron chi connectivity index (χ1n) is 6.84. The molecular formula is C14H24N2OS. The molecule has 0 atom stereocenters.